The lowest BCUT2D eigenvalue weighted by Gasteiger charge is -2.14. The second kappa shape index (κ2) is 9.66. The minimum Gasteiger partial charge on any atom is -0.135 e. The molecule has 0 unspecified atom stereocenters. The molecule has 0 spiro atoms. The van der Waals surface area contributed by atoms with Crippen molar-refractivity contribution < 1.29 is 0 Å². The van der Waals surface area contributed by atoms with E-state index in [0.29, 0.717) is 0 Å². The van der Waals surface area contributed by atoms with Gasteiger partial charge in [-0.15, -0.1) is 11.3 Å². The maximum absolute atomic E-state index is 2.41. The van der Waals surface area contributed by atoms with E-state index in [1.807, 2.05) is 11.3 Å². The van der Waals surface area contributed by atoms with Crippen LogP contribution in [0.25, 0.3) is 85.9 Å². The smallest absolute Gasteiger partial charge is 0.0361 e. The number of thiophene rings is 1. The second-order valence-corrected chi connectivity index (χ2v) is 12.4. The molecule has 9 rings (SSSR count). The van der Waals surface area contributed by atoms with E-state index in [9.17, 15) is 0 Å². The monoisotopic (exact) mass is 562 g/mol. The first-order valence-corrected chi connectivity index (χ1v) is 15.6. The minimum atomic E-state index is 1.23. The molecule has 0 atom stereocenters. The number of hydrogen-bond acceptors (Lipinski definition) is 1. The fraction of sp³-hybridized carbons (Fsp3) is 0. The molecule has 9 aromatic rings. The second-order valence-electron chi connectivity index (χ2n) is 11.4. The maximum atomic E-state index is 2.41. The number of fused-ring (bicyclic) bond motifs is 7. The van der Waals surface area contributed by atoms with Crippen molar-refractivity contribution >= 4 is 63.8 Å². The van der Waals surface area contributed by atoms with Crippen LogP contribution < -0.4 is 0 Å². The molecule has 43 heavy (non-hydrogen) atoms. The molecule has 0 bridgehead atoms. The van der Waals surface area contributed by atoms with Crippen LogP contribution in [0.2, 0.25) is 0 Å². The molecule has 200 valence electrons. The highest BCUT2D eigenvalue weighted by Gasteiger charge is 2.13. The van der Waals surface area contributed by atoms with Gasteiger partial charge in [0.1, 0.15) is 0 Å². The molecule has 1 aromatic heterocycles. The van der Waals surface area contributed by atoms with Gasteiger partial charge in [-0.1, -0.05) is 115 Å². The Hall–Kier alpha value is -5.24. The molecular weight excluding hydrogens is 537 g/mol. The van der Waals surface area contributed by atoms with Gasteiger partial charge in [0.15, 0.2) is 0 Å². The minimum absolute atomic E-state index is 1.23. The molecule has 0 N–H and O–H groups in total. The fourth-order valence-electron chi connectivity index (χ4n) is 6.69. The molecular formula is C42H26S. The van der Waals surface area contributed by atoms with Crippen LogP contribution in [0.4, 0.5) is 0 Å². The number of benzene rings is 8. The molecule has 1 heteroatoms. The summed E-state index contributed by atoms with van der Waals surface area (Å²) in [5, 5.41) is 10.4. The fourth-order valence-corrected chi connectivity index (χ4v) is 7.82. The van der Waals surface area contributed by atoms with Crippen LogP contribution in [-0.4, -0.2) is 0 Å². The van der Waals surface area contributed by atoms with Gasteiger partial charge in [0.05, 0.1) is 0 Å². The van der Waals surface area contributed by atoms with Gasteiger partial charge in [-0.2, -0.15) is 0 Å². The highest BCUT2D eigenvalue weighted by atomic mass is 32.1. The Bertz CT molecular complexity index is 2500. The average molecular weight is 563 g/mol. The van der Waals surface area contributed by atoms with Crippen LogP contribution in [0.1, 0.15) is 0 Å². The van der Waals surface area contributed by atoms with Gasteiger partial charge in [-0.3, -0.25) is 0 Å². The van der Waals surface area contributed by atoms with Crippen molar-refractivity contribution in [2.75, 3.05) is 0 Å². The summed E-state index contributed by atoms with van der Waals surface area (Å²) >= 11 is 1.88. The van der Waals surface area contributed by atoms with Crippen LogP contribution in [0, 0.1) is 0 Å². The molecule has 0 nitrogen and oxygen atoms in total. The molecule has 0 aliphatic carbocycles. The number of rotatable bonds is 3. The summed E-state index contributed by atoms with van der Waals surface area (Å²) in [7, 11) is 0. The van der Waals surface area contributed by atoms with Crippen molar-refractivity contribution in [1.29, 1.82) is 0 Å². The van der Waals surface area contributed by atoms with E-state index in [1.165, 1.54) is 85.9 Å². The van der Waals surface area contributed by atoms with E-state index in [2.05, 4.69) is 158 Å². The Labute approximate surface area is 254 Å². The normalized spacial score (nSPS) is 11.7. The van der Waals surface area contributed by atoms with Gasteiger partial charge in [0.2, 0.25) is 0 Å². The molecule has 0 aliphatic heterocycles. The summed E-state index contributed by atoms with van der Waals surface area (Å²) in [5.41, 5.74) is 7.41. The Kier molecular flexibility index (Phi) is 5.47. The summed E-state index contributed by atoms with van der Waals surface area (Å²) in [6, 6.07) is 58.2. The van der Waals surface area contributed by atoms with E-state index in [0.717, 1.165) is 0 Å². The van der Waals surface area contributed by atoms with Crippen LogP contribution >= 0.6 is 11.3 Å². The van der Waals surface area contributed by atoms with E-state index in [4.69, 9.17) is 0 Å². The summed E-state index contributed by atoms with van der Waals surface area (Å²) in [5.74, 6) is 0. The van der Waals surface area contributed by atoms with Crippen molar-refractivity contribution in [2.45, 2.75) is 0 Å². The predicted molar refractivity (Wildman–Crippen MR) is 188 cm³/mol. The van der Waals surface area contributed by atoms with Crippen molar-refractivity contribution in [3.05, 3.63) is 158 Å². The molecule has 0 saturated heterocycles. The van der Waals surface area contributed by atoms with Crippen LogP contribution in [0.3, 0.4) is 0 Å². The van der Waals surface area contributed by atoms with Gasteiger partial charge >= 0.3 is 0 Å². The Balaban J connectivity index is 1.28. The molecule has 0 amide bonds. The Morgan fingerprint density at radius 2 is 0.953 bits per heavy atom. The molecule has 0 fully saturated rings. The molecule has 0 radical (unpaired) electrons. The average Bonchev–Trinajstić information content (AvgIpc) is 3.44. The topological polar surface area (TPSA) is 0 Å². The van der Waals surface area contributed by atoms with Crippen LogP contribution in [-0.2, 0) is 0 Å². The predicted octanol–water partition coefficient (Wildman–Crippen LogP) is 12.5. The van der Waals surface area contributed by atoms with Gasteiger partial charge in [0.25, 0.3) is 0 Å². The largest absolute Gasteiger partial charge is 0.135 e. The lowest BCUT2D eigenvalue weighted by atomic mass is 9.90. The summed E-state index contributed by atoms with van der Waals surface area (Å²) < 4.78 is 2.68. The maximum Gasteiger partial charge on any atom is 0.0361 e. The van der Waals surface area contributed by atoms with Crippen molar-refractivity contribution in [1.82, 2.24) is 0 Å². The highest BCUT2D eigenvalue weighted by Crippen LogP contribution is 2.41. The third-order valence-corrected chi connectivity index (χ3v) is 9.94. The Morgan fingerprint density at radius 1 is 0.279 bits per heavy atom. The summed E-state index contributed by atoms with van der Waals surface area (Å²) in [6.45, 7) is 0. The summed E-state index contributed by atoms with van der Waals surface area (Å²) in [4.78, 5) is 0. The van der Waals surface area contributed by atoms with E-state index < -0.39 is 0 Å². The third kappa shape index (κ3) is 4.05. The van der Waals surface area contributed by atoms with E-state index in [1.54, 1.807) is 0 Å². The SMILES string of the molecule is c1ccc(-c2cc(-c3ccc4c(ccc5ccccc54)c3)cc(-c3cccc4cc5sc6ccccc6c5cc34)c2)cc1. The first kappa shape index (κ1) is 24.4. The van der Waals surface area contributed by atoms with Crippen molar-refractivity contribution in [3.8, 4) is 33.4 Å². The quantitative estimate of drug-likeness (QED) is 0.188. The zero-order valence-electron chi connectivity index (χ0n) is 23.4. The van der Waals surface area contributed by atoms with Crippen LogP contribution in [0.5, 0.6) is 0 Å². The standard InChI is InChI=1S/C42H26S/c1-2-9-27(10-3-1)32-22-33(29-19-20-37-31(21-29)18-17-28-11-4-5-13-35(28)37)24-34(23-32)36-15-8-12-30-25-42-40(26-39(30)36)38-14-6-7-16-41(38)43-42/h1-26H. The highest BCUT2D eigenvalue weighted by molar-refractivity contribution is 7.25. The van der Waals surface area contributed by atoms with E-state index >= 15 is 0 Å². The van der Waals surface area contributed by atoms with Crippen molar-refractivity contribution in [2.24, 2.45) is 0 Å². The molecule has 8 aromatic carbocycles. The van der Waals surface area contributed by atoms with Gasteiger partial charge < -0.3 is 0 Å². The lowest BCUT2D eigenvalue weighted by Crippen LogP contribution is -1.88. The first-order valence-electron chi connectivity index (χ1n) is 14.8. The molecule has 0 aliphatic rings. The van der Waals surface area contributed by atoms with E-state index in [-0.39, 0.29) is 0 Å². The lowest BCUT2D eigenvalue weighted by molar-refractivity contribution is 1.59. The van der Waals surface area contributed by atoms with Gasteiger partial charge in [-0.05, 0) is 108 Å². The molecule has 0 saturated carbocycles. The number of hydrogen-bond donors (Lipinski definition) is 0. The zero-order chi connectivity index (χ0) is 28.3. The summed E-state index contributed by atoms with van der Waals surface area (Å²) in [6.07, 6.45) is 0. The Morgan fingerprint density at radius 3 is 1.86 bits per heavy atom. The zero-order valence-corrected chi connectivity index (χ0v) is 24.2. The van der Waals surface area contributed by atoms with Crippen molar-refractivity contribution in [3.63, 3.8) is 0 Å². The van der Waals surface area contributed by atoms with Gasteiger partial charge in [0, 0.05) is 20.2 Å². The third-order valence-electron chi connectivity index (χ3n) is 8.81. The first-order chi connectivity index (χ1) is 21.3. The van der Waals surface area contributed by atoms with Crippen LogP contribution in [0.15, 0.2) is 158 Å². The molecule has 1 heterocycles. The van der Waals surface area contributed by atoms with Gasteiger partial charge in [-0.25, -0.2) is 0 Å².